The van der Waals surface area contributed by atoms with E-state index in [1.54, 1.807) is 6.33 Å². The van der Waals surface area contributed by atoms with Crippen molar-refractivity contribution in [1.82, 2.24) is 20.0 Å². The molecule has 146 valence electrons. The Morgan fingerprint density at radius 1 is 1.04 bits per heavy atom. The van der Waals surface area contributed by atoms with Crippen molar-refractivity contribution in [1.29, 1.82) is 0 Å². The number of aryl methyl sites for hydroxylation is 2. The molecule has 0 amide bonds. The van der Waals surface area contributed by atoms with Gasteiger partial charge in [-0.1, -0.05) is 5.16 Å². The number of aromatic nitrogens is 3. The molecule has 1 saturated heterocycles. The Kier molecular flexibility index (Phi) is 5.04. The molecular weight excluding hydrogens is 340 g/mol. The fraction of sp³-hybridized carbons (Fsp3) is 0.650. The fourth-order valence-corrected chi connectivity index (χ4v) is 4.05. The molecule has 0 radical (unpaired) electrons. The van der Waals surface area contributed by atoms with Crippen LogP contribution in [0.1, 0.15) is 42.7 Å². The zero-order chi connectivity index (χ0) is 19.0. The van der Waals surface area contributed by atoms with Gasteiger partial charge in [0.05, 0.1) is 5.69 Å². The van der Waals surface area contributed by atoms with Crippen molar-refractivity contribution in [3.8, 4) is 0 Å². The van der Waals surface area contributed by atoms with Crippen molar-refractivity contribution >= 4 is 11.6 Å². The van der Waals surface area contributed by atoms with Crippen LogP contribution < -0.4 is 9.80 Å². The summed E-state index contributed by atoms with van der Waals surface area (Å²) in [6.45, 7) is 7.18. The van der Waals surface area contributed by atoms with Crippen molar-refractivity contribution in [3.63, 3.8) is 0 Å². The molecule has 7 heteroatoms. The number of nitrogens with zero attached hydrogens (tertiary/aromatic N) is 6. The zero-order valence-corrected chi connectivity index (χ0v) is 16.9. The molecule has 0 aromatic carbocycles. The van der Waals surface area contributed by atoms with Gasteiger partial charge in [0.15, 0.2) is 0 Å². The molecule has 2 aliphatic rings. The average Bonchev–Trinajstić information content (AvgIpc) is 3.45. The largest absolute Gasteiger partial charge is 0.363 e. The Balaban J connectivity index is 1.43. The highest BCUT2D eigenvalue weighted by Crippen LogP contribution is 2.36. The normalized spacial score (nSPS) is 18.7. The highest BCUT2D eigenvalue weighted by molar-refractivity contribution is 5.51. The summed E-state index contributed by atoms with van der Waals surface area (Å²) in [5.41, 5.74) is 2.27. The number of hydrogen-bond donors (Lipinski definition) is 0. The van der Waals surface area contributed by atoms with Crippen molar-refractivity contribution in [2.45, 2.75) is 58.2 Å². The number of hydrogen-bond acceptors (Lipinski definition) is 7. The van der Waals surface area contributed by atoms with Gasteiger partial charge in [0.25, 0.3) is 0 Å². The standard InChI is InChI=1S/C20H30N6O/c1-14-18(15(2)27-23-14)12-25-9-7-17(8-10-25)26(16-5-6-16)20-11-19(24(3)4)21-13-22-20/h11,13,16-17H,5-10,12H2,1-4H3. The van der Waals surface area contributed by atoms with E-state index in [1.807, 2.05) is 32.8 Å². The van der Waals surface area contributed by atoms with Crippen LogP contribution in [0.2, 0.25) is 0 Å². The number of likely N-dealkylation sites (tertiary alicyclic amines) is 1. The number of piperidine rings is 1. The molecule has 0 N–H and O–H groups in total. The SMILES string of the molecule is Cc1noc(C)c1CN1CCC(N(c2cc(N(C)C)ncn2)C2CC2)CC1. The first kappa shape index (κ1) is 18.2. The van der Waals surface area contributed by atoms with Gasteiger partial charge in [-0.3, -0.25) is 4.90 Å². The molecule has 3 heterocycles. The third-order valence-corrected chi connectivity index (χ3v) is 5.81. The van der Waals surface area contributed by atoms with Crippen molar-refractivity contribution < 1.29 is 4.52 Å². The van der Waals surface area contributed by atoms with Crippen molar-refractivity contribution in [3.05, 3.63) is 29.4 Å². The molecule has 2 fully saturated rings. The summed E-state index contributed by atoms with van der Waals surface area (Å²) < 4.78 is 5.32. The molecule has 4 rings (SSSR count). The van der Waals surface area contributed by atoms with E-state index in [1.165, 1.54) is 31.2 Å². The second-order valence-electron chi connectivity index (χ2n) is 8.08. The van der Waals surface area contributed by atoms with Gasteiger partial charge in [-0.15, -0.1) is 0 Å². The Labute approximate surface area is 161 Å². The van der Waals surface area contributed by atoms with E-state index in [9.17, 15) is 0 Å². The predicted molar refractivity (Wildman–Crippen MR) is 106 cm³/mol. The van der Waals surface area contributed by atoms with Crippen LogP contribution >= 0.6 is 0 Å². The number of rotatable bonds is 6. The molecule has 1 aliphatic heterocycles. The zero-order valence-electron chi connectivity index (χ0n) is 16.9. The lowest BCUT2D eigenvalue weighted by Crippen LogP contribution is -2.46. The van der Waals surface area contributed by atoms with Gasteiger partial charge < -0.3 is 14.3 Å². The van der Waals surface area contributed by atoms with E-state index in [0.717, 1.165) is 42.7 Å². The summed E-state index contributed by atoms with van der Waals surface area (Å²) in [6, 6.07) is 3.34. The molecule has 0 unspecified atom stereocenters. The van der Waals surface area contributed by atoms with Crippen LogP contribution in [0.15, 0.2) is 16.9 Å². The fourth-order valence-electron chi connectivity index (χ4n) is 4.05. The van der Waals surface area contributed by atoms with Crippen LogP contribution in [0.5, 0.6) is 0 Å². The van der Waals surface area contributed by atoms with Gasteiger partial charge in [-0.25, -0.2) is 9.97 Å². The van der Waals surface area contributed by atoms with E-state index in [0.29, 0.717) is 12.1 Å². The quantitative estimate of drug-likeness (QED) is 0.775. The maximum absolute atomic E-state index is 5.32. The summed E-state index contributed by atoms with van der Waals surface area (Å²) in [5, 5.41) is 4.09. The molecule has 2 aromatic heterocycles. The van der Waals surface area contributed by atoms with Gasteiger partial charge in [-0.05, 0) is 39.5 Å². The van der Waals surface area contributed by atoms with Gasteiger partial charge in [0.1, 0.15) is 23.7 Å². The highest BCUT2D eigenvalue weighted by atomic mass is 16.5. The molecule has 0 spiro atoms. The smallest absolute Gasteiger partial charge is 0.138 e. The lowest BCUT2D eigenvalue weighted by molar-refractivity contribution is 0.199. The van der Waals surface area contributed by atoms with E-state index >= 15 is 0 Å². The highest BCUT2D eigenvalue weighted by Gasteiger charge is 2.36. The minimum absolute atomic E-state index is 0.559. The third-order valence-electron chi connectivity index (χ3n) is 5.81. The Hall–Kier alpha value is -2.15. The van der Waals surface area contributed by atoms with Crippen LogP contribution in [0, 0.1) is 13.8 Å². The molecule has 0 bridgehead atoms. The van der Waals surface area contributed by atoms with E-state index in [-0.39, 0.29) is 0 Å². The minimum Gasteiger partial charge on any atom is -0.363 e. The second kappa shape index (κ2) is 7.46. The first-order chi connectivity index (χ1) is 13.0. The maximum Gasteiger partial charge on any atom is 0.138 e. The van der Waals surface area contributed by atoms with Crippen LogP contribution in [-0.2, 0) is 6.54 Å². The monoisotopic (exact) mass is 370 g/mol. The molecule has 27 heavy (non-hydrogen) atoms. The second-order valence-corrected chi connectivity index (χ2v) is 8.08. The van der Waals surface area contributed by atoms with Gasteiger partial charge in [0, 0.05) is 57.4 Å². The predicted octanol–water partition coefficient (Wildman–Crippen LogP) is 2.78. The molecule has 1 saturated carbocycles. The summed E-state index contributed by atoms with van der Waals surface area (Å²) in [6.07, 6.45) is 6.59. The molecule has 1 aliphatic carbocycles. The summed E-state index contributed by atoms with van der Waals surface area (Å²) in [5.74, 6) is 3.01. The topological polar surface area (TPSA) is 61.5 Å². The lowest BCUT2D eigenvalue weighted by Gasteiger charge is -2.39. The Morgan fingerprint density at radius 2 is 1.70 bits per heavy atom. The van der Waals surface area contributed by atoms with Crippen LogP contribution in [0.4, 0.5) is 11.6 Å². The molecule has 0 atom stereocenters. The van der Waals surface area contributed by atoms with Crippen molar-refractivity contribution in [2.24, 2.45) is 0 Å². The van der Waals surface area contributed by atoms with Gasteiger partial charge in [0.2, 0.25) is 0 Å². The van der Waals surface area contributed by atoms with Gasteiger partial charge >= 0.3 is 0 Å². The van der Waals surface area contributed by atoms with E-state index < -0.39 is 0 Å². The summed E-state index contributed by atoms with van der Waals surface area (Å²) in [4.78, 5) is 16.1. The van der Waals surface area contributed by atoms with Crippen LogP contribution in [-0.4, -0.2) is 59.3 Å². The molecule has 7 nitrogen and oxygen atoms in total. The number of anilines is 2. The first-order valence-electron chi connectivity index (χ1n) is 9.94. The maximum atomic E-state index is 5.32. The lowest BCUT2D eigenvalue weighted by atomic mass is 10.0. The molecule has 2 aromatic rings. The van der Waals surface area contributed by atoms with Gasteiger partial charge in [-0.2, -0.15) is 0 Å². The summed E-state index contributed by atoms with van der Waals surface area (Å²) in [7, 11) is 4.06. The van der Waals surface area contributed by atoms with Crippen molar-refractivity contribution in [2.75, 3.05) is 37.0 Å². The Morgan fingerprint density at radius 3 is 2.30 bits per heavy atom. The summed E-state index contributed by atoms with van der Waals surface area (Å²) >= 11 is 0. The molecular formula is C20H30N6O. The first-order valence-corrected chi connectivity index (χ1v) is 9.94. The van der Waals surface area contributed by atoms with E-state index in [2.05, 4.69) is 31.0 Å². The van der Waals surface area contributed by atoms with Crippen LogP contribution in [0.25, 0.3) is 0 Å². The third kappa shape index (κ3) is 3.93. The van der Waals surface area contributed by atoms with E-state index in [4.69, 9.17) is 4.52 Å². The minimum atomic E-state index is 0.559. The Bertz CT molecular complexity index is 757. The van der Waals surface area contributed by atoms with Crippen LogP contribution in [0.3, 0.4) is 0 Å². The average molecular weight is 371 g/mol.